The van der Waals surface area contributed by atoms with Crippen LogP contribution in [0.2, 0.25) is 0 Å². The molecule has 0 spiro atoms. The fraction of sp³-hybridized carbons (Fsp3) is 0.407. The lowest BCUT2D eigenvalue weighted by atomic mass is 9.78. The Kier molecular flexibility index (Phi) is 19.4. The van der Waals surface area contributed by atoms with Crippen LogP contribution in [0.25, 0.3) is 0 Å². The summed E-state index contributed by atoms with van der Waals surface area (Å²) < 4.78 is 57.3. The van der Waals surface area contributed by atoms with E-state index in [-0.39, 0.29) is 11.5 Å². The minimum Gasteiger partial charge on any atom is -0.435 e. The van der Waals surface area contributed by atoms with E-state index in [2.05, 4.69) is 108 Å². The van der Waals surface area contributed by atoms with Gasteiger partial charge in [-0.3, -0.25) is 0 Å². The number of halogens is 4. The van der Waals surface area contributed by atoms with Gasteiger partial charge in [-0.05, 0) is 177 Å². The maximum absolute atomic E-state index is 12.2. The van der Waals surface area contributed by atoms with Crippen LogP contribution in [0.15, 0.2) is 121 Å². The van der Waals surface area contributed by atoms with E-state index >= 15 is 0 Å². The molecule has 60 heavy (non-hydrogen) atoms. The lowest BCUT2D eigenvalue weighted by molar-refractivity contribution is -0.0505. The molecule has 0 aromatic heterocycles. The Bertz CT molecular complexity index is 1990. The van der Waals surface area contributed by atoms with Gasteiger partial charge in [-0.25, -0.2) is 0 Å². The molecule has 2 aliphatic rings. The maximum atomic E-state index is 12.2. The summed E-state index contributed by atoms with van der Waals surface area (Å²) in [6.45, 7) is -1.14. The molecule has 2 nitrogen and oxygen atoms in total. The van der Waals surface area contributed by atoms with Crippen molar-refractivity contribution < 1.29 is 27.0 Å². The van der Waals surface area contributed by atoms with Crippen molar-refractivity contribution in [3.8, 4) is 35.2 Å². The Morgan fingerprint density at radius 3 is 1.27 bits per heavy atom. The molecule has 6 heteroatoms. The Balaban J connectivity index is 0.000000228. The number of alkyl halides is 4. The summed E-state index contributed by atoms with van der Waals surface area (Å²) in [5.74, 6) is 15.0. The quantitative estimate of drug-likeness (QED) is 0.0717. The van der Waals surface area contributed by atoms with Crippen LogP contribution >= 0.6 is 0 Å². The van der Waals surface area contributed by atoms with Crippen molar-refractivity contribution in [3.05, 3.63) is 155 Å². The van der Waals surface area contributed by atoms with Crippen LogP contribution in [0.5, 0.6) is 11.5 Å². The Hall–Kier alpha value is -5.20. The number of rotatable bonds is 14. The molecule has 2 fully saturated rings. The highest BCUT2D eigenvalue weighted by molar-refractivity contribution is 5.41. The van der Waals surface area contributed by atoms with Gasteiger partial charge in [0.05, 0.1) is 0 Å². The van der Waals surface area contributed by atoms with Gasteiger partial charge < -0.3 is 9.47 Å². The first-order chi connectivity index (χ1) is 29.3. The molecule has 0 heterocycles. The number of hydrogen-bond acceptors (Lipinski definition) is 2. The molecule has 2 aliphatic carbocycles. The first kappa shape index (κ1) is 45.9. The second-order valence-corrected chi connectivity index (χ2v) is 16.0. The van der Waals surface area contributed by atoms with Gasteiger partial charge in [0.2, 0.25) is 0 Å². The van der Waals surface area contributed by atoms with E-state index in [1.165, 1.54) is 130 Å². The van der Waals surface area contributed by atoms with Crippen molar-refractivity contribution in [3.63, 3.8) is 0 Å². The zero-order chi connectivity index (χ0) is 42.4. The van der Waals surface area contributed by atoms with Gasteiger partial charge in [-0.2, -0.15) is 17.6 Å². The molecule has 0 radical (unpaired) electrons. The topological polar surface area (TPSA) is 18.5 Å². The van der Waals surface area contributed by atoms with E-state index in [0.29, 0.717) is 23.7 Å². The predicted molar refractivity (Wildman–Crippen MR) is 238 cm³/mol. The lowest BCUT2D eigenvalue weighted by Gasteiger charge is -2.27. The van der Waals surface area contributed by atoms with Gasteiger partial charge in [-0.15, -0.1) is 0 Å². The van der Waals surface area contributed by atoms with Crippen LogP contribution < -0.4 is 9.47 Å². The summed E-state index contributed by atoms with van der Waals surface area (Å²) in [6, 6.07) is 31.3. The summed E-state index contributed by atoms with van der Waals surface area (Å²) in [6.07, 6.45) is 25.4. The summed E-state index contributed by atoms with van der Waals surface area (Å²) in [5.41, 5.74) is 7.43. The second-order valence-electron chi connectivity index (χ2n) is 16.0. The summed E-state index contributed by atoms with van der Waals surface area (Å²) in [7, 11) is 0. The number of aryl methyl sites for hydroxylation is 2. The third kappa shape index (κ3) is 16.5. The molecule has 0 saturated heterocycles. The zero-order valence-electron chi connectivity index (χ0n) is 35.2. The Morgan fingerprint density at radius 1 is 0.500 bits per heavy atom. The molecule has 0 bridgehead atoms. The van der Waals surface area contributed by atoms with Crippen LogP contribution in [0.4, 0.5) is 17.6 Å². The van der Waals surface area contributed by atoms with Crippen molar-refractivity contribution in [2.75, 3.05) is 0 Å². The van der Waals surface area contributed by atoms with Gasteiger partial charge in [0, 0.05) is 11.1 Å². The van der Waals surface area contributed by atoms with Crippen molar-refractivity contribution >= 4 is 0 Å². The Morgan fingerprint density at radius 2 is 0.900 bits per heavy atom. The third-order valence-corrected chi connectivity index (χ3v) is 11.5. The summed E-state index contributed by atoms with van der Waals surface area (Å²) >= 11 is 0. The van der Waals surface area contributed by atoms with Crippen LogP contribution in [0.1, 0.15) is 136 Å². The SMILES string of the molecule is CCCCCc1ccc(C2CCC(C=CC#Cc3ccc(OC(F)F)cc3)CC2)cc1.CCCc1ccc(C2CCC(C=CC#Cc3ccc(OC(F)F)cc3)CC2)cc1. The predicted octanol–water partition coefficient (Wildman–Crippen LogP) is 15.0. The third-order valence-electron chi connectivity index (χ3n) is 11.5. The van der Waals surface area contributed by atoms with Crippen LogP contribution in [-0.2, 0) is 12.8 Å². The molecule has 4 aromatic carbocycles. The van der Waals surface area contributed by atoms with Crippen molar-refractivity contribution in [1.29, 1.82) is 0 Å². The second kappa shape index (κ2) is 25.4. The zero-order valence-corrected chi connectivity index (χ0v) is 35.2. The van der Waals surface area contributed by atoms with Crippen LogP contribution in [0, 0.1) is 35.5 Å². The number of ether oxygens (including phenoxy) is 2. The van der Waals surface area contributed by atoms with Crippen molar-refractivity contribution in [2.24, 2.45) is 11.8 Å². The highest BCUT2D eigenvalue weighted by Crippen LogP contribution is 2.37. The average molecular weight is 817 g/mol. The number of unbranched alkanes of at least 4 members (excludes halogenated alkanes) is 2. The van der Waals surface area contributed by atoms with Gasteiger partial charge in [-0.1, -0.05) is 117 Å². The number of benzene rings is 4. The molecule has 2 saturated carbocycles. The van der Waals surface area contributed by atoms with Gasteiger partial charge >= 0.3 is 13.2 Å². The van der Waals surface area contributed by atoms with Gasteiger partial charge in [0.25, 0.3) is 0 Å². The van der Waals surface area contributed by atoms with E-state index in [9.17, 15) is 17.6 Å². The van der Waals surface area contributed by atoms with E-state index in [1.54, 1.807) is 24.3 Å². The first-order valence-electron chi connectivity index (χ1n) is 21.9. The molecular formula is C54H60F4O2. The average Bonchev–Trinajstić information content (AvgIpc) is 3.26. The standard InChI is InChI=1S/C28H32F2O.C26H28F2O/c1-2-3-4-7-22-10-16-25(17-11-22)26-18-12-23(13-19-26)8-5-6-9-24-14-20-27(21-15-24)31-28(29)30;1-2-5-20-8-14-23(15-9-20)24-16-10-21(11-17-24)6-3-4-7-22-12-18-25(19-13-22)29-26(27)28/h5,8,10-11,14-17,20-21,23,26,28H,2-4,7,12-13,18-19H2,1H3;3,6,8-9,12-15,18-19,21,24,26H,2,5,10-11,16-17H2,1H3. The van der Waals surface area contributed by atoms with E-state index in [0.717, 1.165) is 17.5 Å². The smallest absolute Gasteiger partial charge is 0.387 e. The minimum atomic E-state index is -2.80. The molecule has 0 unspecified atom stereocenters. The minimum absolute atomic E-state index is 0.151. The molecule has 0 N–H and O–H groups in total. The highest BCUT2D eigenvalue weighted by atomic mass is 19.3. The molecule has 6 rings (SSSR count). The molecule has 316 valence electrons. The fourth-order valence-corrected chi connectivity index (χ4v) is 8.13. The Labute approximate surface area is 356 Å². The maximum Gasteiger partial charge on any atom is 0.387 e. The fourth-order valence-electron chi connectivity index (χ4n) is 8.13. The van der Waals surface area contributed by atoms with Gasteiger partial charge in [0.1, 0.15) is 11.5 Å². The lowest BCUT2D eigenvalue weighted by Crippen LogP contribution is -2.11. The van der Waals surface area contributed by atoms with E-state index < -0.39 is 13.2 Å². The number of allylic oxidation sites excluding steroid dienone is 4. The molecule has 0 amide bonds. The van der Waals surface area contributed by atoms with Gasteiger partial charge in [0.15, 0.2) is 0 Å². The van der Waals surface area contributed by atoms with Crippen LogP contribution in [-0.4, -0.2) is 13.2 Å². The molecule has 4 aromatic rings. The molecular weight excluding hydrogens is 757 g/mol. The summed E-state index contributed by atoms with van der Waals surface area (Å²) in [4.78, 5) is 0. The first-order valence-corrected chi connectivity index (χ1v) is 21.9. The number of hydrogen-bond donors (Lipinski definition) is 0. The normalized spacial score (nSPS) is 18.9. The molecule has 0 aliphatic heterocycles. The summed E-state index contributed by atoms with van der Waals surface area (Å²) in [5, 5.41) is 0. The monoisotopic (exact) mass is 816 g/mol. The van der Waals surface area contributed by atoms with Crippen LogP contribution in [0.3, 0.4) is 0 Å². The van der Waals surface area contributed by atoms with E-state index in [1.807, 2.05) is 12.2 Å². The largest absolute Gasteiger partial charge is 0.435 e. The van der Waals surface area contributed by atoms with E-state index in [4.69, 9.17) is 0 Å². The molecule has 0 atom stereocenters. The van der Waals surface area contributed by atoms with Crippen molar-refractivity contribution in [1.82, 2.24) is 0 Å². The van der Waals surface area contributed by atoms with Crippen molar-refractivity contribution in [2.45, 2.75) is 129 Å². The highest BCUT2D eigenvalue weighted by Gasteiger charge is 2.22.